The Morgan fingerprint density at radius 1 is 0.373 bits per heavy atom. The van der Waals surface area contributed by atoms with Crippen molar-refractivity contribution in [3.63, 3.8) is 0 Å². The fraction of sp³-hybridized carbons (Fsp3) is 0.0213. The number of benzene rings is 7. The summed E-state index contributed by atoms with van der Waals surface area (Å²) in [7, 11) is 0. The van der Waals surface area contributed by atoms with Crippen LogP contribution in [0.15, 0.2) is 182 Å². The quantitative estimate of drug-likeness (QED) is 0.168. The largest absolute Gasteiger partial charge is 0.238 e. The lowest BCUT2D eigenvalue weighted by Crippen LogP contribution is -2.28. The maximum absolute atomic E-state index is 7.86. The molecule has 0 unspecified atom stereocenters. The van der Waals surface area contributed by atoms with E-state index in [0.717, 1.165) is 38.9 Å². The molecule has 4 nitrogen and oxygen atoms in total. The Morgan fingerprint density at radius 2 is 0.824 bits per heavy atom. The third kappa shape index (κ3) is 5.12. The van der Waals surface area contributed by atoms with Gasteiger partial charge in [0.2, 0.25) is 0 Å². The molecular formula is C47H30N4. The van der Waals surface area contributed by atoms with Gasteiger partial charge < -0.3 is 0 Å². The summed E-state index contributed by atoms with van der Waals surface area (Å²) >= 11 is 0. The first-order valence-corrected chi connectivity index (χ1v) is 17.0. The van der Waals surface area contributed by atoms with Gasteiger partial charge in [0.05, 0.1) is 12.0 Å². The summed E-state index contributed by atoms with van der Waals surface area (Å²) in [6.45, 7) is 7.86. The van der Waals surface area contributed by atoms with Crippen LogP contribution in [0.2, 0.25) is 0 Å². The van der Waals surface area contributed by atoms with Gasteiger partial charge in [0, 0.05) is 16.7 Å². The lowest BCUT2D eigenvalue weighted by atomic mass is 9.67. The Balaban J connectivity index is 1.16. The van der Waals surface area contributed by atoms with Gasteiger partial charge >= 0.3 is 0 Å². The second-order valence-electron chi connectivity index (χ2n) is 12.7. The summed E-state index contributed by atoms with van der Waals surface area (Å²) < 4.78 is 0. The van der Waals surface area contributed by atoms with Crippen LogP contribution in [0.3, 0.4) is 0 Å². The summed E-state index contributed by atoms with van der Waals surface area (Å²) in [6.07, 6.45) is 0. The number of fused-ring (bicyclic) bond motifs is 3. The predicted molar refractivity (Wildman–Crippen MR) is 205 cm³/mol. The lowest BCUT2D eigenvalue weighted by Gasteiger charge is -2.34. The minimum Gasteiger partial charge on any atom is -0.238 e. The minimum atomic E-state index is -0.554. The van der Waals surface area contributed by atoms with E-state index in [9.17, 15) is 0 Å². The highest BCUT2D eigenvalue weighted by Crippen LogP contribution is 2.57. The molecule has 7 aromatic carbocycles. The molecule has 1 aliphatic carbocycles. The molecule has 0 spiro atoms. The van der Waals surface area contributed by atoms with E-state index < -0.39 is 5.41 Å². The van der Waals surface area contributed by atoms with Gasteiger partial charge in [-0.05, 0) is 50.6 Å². The fourth-order valence-corrected chi connectivity index (χ4v) is 7.48. The lowest BCUT2D eigenvalue weighted by molar-refractivity contribution is 0.769. The summed E-state index contributed by atoms with van der Waals surface area (Å²) in [5.41, 5.74) is 12.1. The molecule has 1 heterocycles. The molecule has 51 heavy (non-hydrogen) atoms. The van der Waals surface area contributed by atoms with E-state index in [1.807, 2.05) is 66.7 Å². The third-order valence-electron chi connectivity index (χ3n) is 9.84. The van der Waals surface area contributed by atoms with Crippen LogP contribution in [-0.2, 0) is 5.41 Å². The molecule has 0 amide bonds. The van der Waals surface area contributed by atoms with E-state index in [0.29, 0.717) is 23.2 Å². The van der Waals surface area contributed by atoms with Crippen LogP contribution in [0.5, 0.6) is 0 Å². The minimum absolute atomic E-state index is 0.554. The topological polar surface area (TPSA) is 43.0 Å². The molecule has 9 rings (SSSR count). The van der Waals surface area contributed by atoms with Gasteiger partial charge in [-0.25, -0.2) is 19.8 Å². The smallest absolute Gasteiger partial charge is 0.187 e. The monoisotopic (exact) mass is 650 g/mol. The van der Waals surface area contributed by atoms with Crippen molar-refractivity contribution < 1.29 is 0 Å². The molecule has 0 saturated heterocycles. The number of nitrogens with zero attached hydrogens (tertiary/aromatic N) is 4. The molecule has 238 valence electrons. The van der Waals surface area contributed by atoms with Crippen LogP contribution in [-0.4, -0.2) is 15.0 Å². The molecule has 0 atom stereocenters. The molecular weight excluding hydrogens is 621 g/mol. The van der Waals surface area contributed by atoms with E-state index in [-0.39, 0.29) is 0 Å². The molecule has 0 N–H and O–H groups in total. The van der Waals surface area contributed by atoms with Crippen LogP contribution < -0.4 is 0 Å². The van der Waals surface area contributed by atoms with Crippen LogP contribution in [0.4, 0.5) is 5.69 Å². The van der Waals surface area contributed by atoms with E-state index >= 15 is 0 Å². The highest BCUT2D eigenvalue weighted by Gasteiger charge is 2.46. The SMILES string of the molecule is [C-]#[N+]c1ccc2c(c1)C(c1ccccc1)(c1ccccc1)c1ccc(-c3ccc(-c4nc(-c5ccccc5)nc(-c5ccccc5)n4)cc3)cc1-2. The zero-order chi connectivity index (χ0) is 34.2. The maximum Gasteiger partial charge on any atom is 0.187 e. The van der Waals surface area contributed by atoms with Gasteiger partial charge in [0.25, 0.3) is 0 Å². The first-order valence-electron chi connectivity index (χ1n) is 17.0. The van der Waals surface area contributed by atoms with Crippen molar-refractivity contribution in [1.29, 1.82) is 0 Å². The van der Waals surface area contributed by atoms with E-state index in [2.05, 4.69) is 120 Å². The zero-order valence-electron chi connectivity index (χ0n) is 27.6. The normalized spacial score (nSPS) is 12.5. The van der Waals surface area contributed by atoms with E-state index in [4.69, 9.17) is 21.5 Å². The third-order valence-corrected chi connectivity index (χ3v) is 9.84. The van der Waals surface area contributed by atoms with E-state index in [1.54, 1.807) is 0 Å². The summed E-state index contributed by atoms with van der Waals surface area (Å²) in [6, 6.07) is 62.8. The predicted octanol–water partition coefficient (Wildman–Crippen LogP) is 11.5. The highest BCUT2D eigenvalue weighted by atomic mass is 15.0. The Morgan fingerprint density at radius 3 is 1.33 bits per heavy atom. The van der Waals surface area contributed by atoms with Crippen LogP contribution in [0.25, 0.3) is 61.3 Å². The van der Waals surface area contributed by atoms with Crippen molar-refractivity contribution in [2.45, 2.75) is 5.41 Å². The van der Waals surface area contributed by atoms with Gasteiger partial charge in [0.15, 0.2) is 23.2 Å². The van der Waals surface area contributed by atoms with Crippen LogP contribution in [0, 0.1) is 6.57 Å². The average Bonchev–Trinajstić information content (AvgIpc) is 3.51. The Kier molecular flexibility index (Phi) is 7.38. The molecule has 0 saturated carbocycles. The highest BCUT2D eigenvalue weighted by molar-refractivity contribution is 5.90. The molecule has 0 aliphatic heterocycles. The van der Waals surface area contributed by atoms with Gasteiger partial charge in [-0.3, -0.25) is 0 Å². The summed E-state index contributed by atoms with van der Waals surface area (Å²) in [5, 5.41) is 0. The standard InChI is InChI=1S/C47H30N4/c1-48-39-27-28-40-41-30-36(26-29-42(41)47(43(40)31-39,37-18-10-4-11-19-37)38-20-12-5-13-21-38)32-22-24-35(25-23-32)46-50-44(33-14-6-2-7-15-33)49-45(51-46)34-16-8-3-9-17-34/h2-31H. The van der Waals surface area contributed by atoms with Gasteiger partial charge in [0.1, 0.15) is 0 Å². The zero-order valence-corrected chi connectivity index (χ0v) is 27.6. The van der Waals surface area contributed by atoms with Gasteiger partial charge in [-0.15, -0.1) is 0 Å². The molecule has 1 aromatic heterocycles. The number of hydrogen-bond acceptors (Lipinski definition) is 3. The van der Waals surface area contributed by atoms with Crippen molar-refractivity contribution in [2.24, 2.45) is 0 Å². The number of rotatable bonds is 6. The molecule has 1 aliphatic rings. The molecule has 4 heteroatoms. The summed E-state index contributed by atoms with van der Waals surface area (Å²) in [4.78, 5) is 18.5. The van der Waals surface area contributed by atoms with Gasteiger partial charge in [-0.1, -0.05) is 176 Å². The van der Waals surface area contributed by atoms with Crippen molar-refractivity contribution >= 4 is 5.69 Å². The Labute approximate surface area is 297 Å². The molecule has 0 radical (unpaired) electrons. The first kappa shape index (κ1) is 30.1. The first-order chi connectivity index (χ1) is 25.2. The second-order valence-corrected chi connectivity index (χ2v) is 12.7. The van der Waals surface area contributed by atoms with Crippen molar-refractivity contribution in [1.82, 2.24) is 15.0 Å². The maximum atomic E-state index is 7.86. The van der Waals surface area contributed by atoms with Crippen LogP contribution in [0.1, 0.15) is 22.3 Å². The van der Waals surface area contributed by atoms with Crippen molar-refractivity contribution in [3.05, 3.63) is 216 Å². The second kappa shape index (κ2) is 12.5. The Hall–Kier alpha value is -6.96. The molecule has 8 aromatic rings. The van der Waals surface area contributed by atoms with E-state index in [1.165, 1.54) is 22.3 Å². The molecule has 0 bridgehead atoms. The number of aromatic nitrogens is 3. The van der Waals surface area contributed by atoms with Crippen LogP contribution >= 0.6 is 0 Å². The average molecular weight is 651 g/mol. The molecule has 0 fully saturated rings. The van der Waals surface area contributed by atoms with Gasteiger partial charge in [-0.2, -0.15) is 0 Å². The number of hydrogen-bond donors (Lipinski definition) is 0. The fourth-order valence-electron chi connectivity index (χ4n) is 7.48. The Bertz CT molecular complexity index is 2460. The van der Waals surface area contributed by atoms with Crippen molar-refractivity contribution in [2.75, 3.05) is 0 Å². The summed E-state index contributed by atoms with van der Waals surface area (Å²) in [5.74, 6) is 1.91. The van der Waals surface area contributed by atoms with Crippen molar-refractivity contribution in [3.8, 4) is 56.4 Å².